The van der Waals surface area contributed by atoms with Gasteiger partial charge in [0.05, 0.1) is 12.6 Å². The van der Waals surface area contributed by atoms with Gasteiger partial charge in [0.2, 0.25) is 5.91 Å². The molecule has 3 nitrogen and oxygen atoms in total. The Morgan fingerprint density at radius 3 is 3.08 bits per heavy atom. The number of hydrogen-bond acceptors (Lipinski definition) is 2. The van der Waals surface area contributed by atoms with Gasteiger partial charge in [0.1, 0.15) is 0 Å². The van der Waals surface area contributed by atoms with Gasteiger partial charge in [0.15, 0.2) is 0 Å². The second-order valence-corrected chi connectivity index (χ2v) is 3.27. The smallest absolute Gasteiger partial charge is 0.223 e. The SMILES string of the molecule is C#CCCC(=O)N1CCC[C@H]1CO. The second-order valence-electron chi connectivity index (χ2n) is 3.27. The van der Waals surface area contributed by atoms with Crippen molar-refractivity contribution in [2.45, 2.75) is 31.7 Å². The fraction of sp³-hybridized carbons (Fsp3) is 0.700. The minimum Gasteiger partial charge on any atom is -0.394 e. The van der Waals surface area contributed by atoms with Gasteiger partial charge >= 0.3 is 0 Å². The third kappa shape index (κ3) is 2.46. The molecule has 0 aliphatic carbocycles. The van der Waals surface area contributed by atoms with Gasteiger partial charge in [-0.25, -0.2) is 0 Å². The lowest BCUT2D eigenvalue weighted by Crippen LogP contribution is -2.37. The van der Waals surface area contributed by atoms with Gasteiger partial charge in [0, 0.05) is 19.4 Å². The van der Waals surface area contributed by atoms with E-state index in [1.54, 1.807) is 4.90 Å². The number of nitrogens with zero attached hydrogens (tertiary/aromatic N) is 1. The number of carbonyl (C=O) groups is 1. The van der Waals surface area contributed by atoms with Crippen molar-refractivity contribution in [2.75, 3.05) is 13.2 Å². The number of aliphatic hydroxyl groups is 1. The highest BCUT2D eigenvalue weighted by Gasteiger charge is 2.27. The molecule has 1 atom stereocenters. The Bertz CT molecular complexity index is 219. The minimum absolute atomic E-state index is 0.0327. The molecule has 0 radical (unpaired) electrons. The molecule has 0 unspecified atom stereocenters. The van der Waals surface area contributed by atoms with Gasteiger partial charge in [0.25, 0.3) is 0 Å². The first kappa shape index (κ1) is 10.1. The fourth-order valence-electron chi connectivity index (χ4n) is 1.68. The fourth-order valence-corrected chi connectivity index (χ4v) is 1.68. The minimum atomic E-state index is 0.0327. The quantitative estimate of drug-likeness (QED) is 0.639. The Kier molecular flexibility index (Phi) is 3.78. The van der Waals surface area contributed by atoms with Gasteiger partial charge in [-0.3, -0.25) is 4.79 Å². The zero-order valence-electron chi connectivity index (χ0n) is 7.70. The number of terminal acetylenes is 1. The Balaban J connectivity index is 2.41. The summed E-state index contributed by atoms with van der Waals surface area (Å²) in [5, 5.41) is 8.98. The highest BCUT2D eigenvalue weighted by atomic mass is 16.3. The molecule has 1 rings (SSSR count). The highest BCUT2D eigenvalue weighted by molar-refractivity contribution is 5.77. The van der Waals surface area contributed by atoms with Crippen molar-refractivity contribution < 1.29 is 9.90 Å². The molecule has 0 aromatic carbocycles. The second kappa shape index (κ2) is 4.88. The summed E-state index contributed by atoms with van der Waals surface area (Å²) < 4.78 is 0. The molecule has 0 aromatic rings. The highest BCUT2D eigenvalue weighted by Crippen LogP contribution is 2.17. The maximum absolute atomic E-state index is 11.5. The monoisotopic (exact) mass is 181 g/mol. The molecule has 0 saturated carbocycles. The molecule has 1 N–H and O–H groups in total. The number of rotatable bonds is 3. The Hall–Kier alpha value is -1.01. The number of aliphatic hydroxyl groups excluding tert-OH is 1. The van der Waals surface area contributed by atoms with Crippen LogP contribution >= 0.6 is 0 Å². The molecule has 13 heavy (non-hydrogen) atoms. The summed E-state index contributed by atoms with van der Waals surface area (Å²) >= 11 is 0. The van der Waals surface area contributed by atoms with Crippen molar-refractivity contribution in [3.05, 3.63) is 0 Å². The molecule has 1 heterocycles. The summed E-state index contributed by atoms with van der Waals surface area (Å²) in [4.78, 5) is 13.2. The average molecular weight is 181 g/mol. The molecule has 0 aromatic heterocycles. The van der Waals surface area contributed by atoms with Crippen LogP contribution in [0.1, 0.15) is 25.7 Å². The summed E-state index contributed by atoms with van der Waals surface area (Å²) in [5.41, 5.74) is 0. The van der Waals surface area contributed by atoms with Crippen LogP contribution in [0, 0.1) is 12.3 Å². The van der Waals surface area contributed by atoms with Crippen LogP contribution < -0.4 is 0 Å². The predicted molar refractivity (Wildman–Crippen MR) is 49.9 cm³/mol. The maximum Gasteiger partial charge on any atom is 0.223 e. The standard InChI is InChI=1S/C10H15NO2/c1-2-3-6-10(13)11-7-4-5-9(11)8-12/h1,9,12H,3-8H2/t9-/m0/s1. The van der Waals surface area contributed by atoms with Crippen molar-refractivity contribution >= 4 is 5.91 Å². The van der Waals surface area contributed by atoms with E-state index in [2.05, 4.69) is 5.92 Å². The summed E-state index contributed by atoms with van der Waals surface area (Å²) in [5.74, 6) is 2.52. The van der Waals surface area contributed by atoms with E-state index in [1.807, 2.05) is 0 Å². The van der Waals surface area contributed by atoms with E-state index in [0.29, 0.717) is 12.8 Å². The first-order chi connectivity index (χ1) is 6.29. The Morgan fingerprint density at radius 2 is 2.46 bits per heavy atom. The van der Waals surface area contributed by atoms with Crippen molar-refractivity contribution in [1.29, 1.82) is 0 Å². The van der Waals surface area contributed by atoms with Crippen LogP contribution in [0.3, 0.4) is 0 Å². The topological polar surface area (TPSA) is 40.5 Å². The molecule has 1 amide bonds. The zero-order valence-corrected chi connectivity index (χ0v) is 7.70. The molecule has 0 spiro atoms. The maximum atomic E-state index is 11.5. The van der Waals surface area contributed by atoms with E-state index in [4.69, 9.17) is 11.5 Å². The van der Waals surface area contributed by atoms with Gasteiger partial charge < -0.3 is 10.0 Å². The van der Waals surface area contributed by atoms with Crippen molar-refractivity contribution in [3.63, 3.8) is 0 Å². The van der Waals surface area contributed by atoms with Crippen LogP contribution in [-0.4, -0.2) is 35.1 Å². The Morgan fingerprint density at radius 1 is 1.69 bits per heavy atom. The normalized spacial score (nSPS) is 21.5. The van der Waals surface area contributed by atoms with Crippen molar-refractivity contribution in [1.82, 2.24) is 4.90 Å². The van der Waals surface area contributed by atoms with E-state index >= 15 is 0 Å². The van der Waals surface area contributed by atoms with Crippen LogP contribution in [0.15, 0.2) is 0 Å². The summed E-state index contributed by atoms with van der Waals surface area (Å²) in [6.07, 6.45) is 7.88. The lowest BCUT2D eigenvalue weighted by atomic mass is 10.2. The lowest BCUT2D eigenvalue weighted by molar-refractivity contribution is -0.132. The molecule has 72 valence electrons. The first-order valence-corrected chi connectivity index (χ1v) is 4.63. The van der Waals surface area contributed by atoms with E-state index < -0.39 is 0 Å². The van der Waals surface area contributed by atoms with E-state index in [1.165, 1.54) is 0 Å². The van der Waals surface area contributed by atoms with Crippen LogP contribution in [0.4, 0.5) is 0 Å². The van der Waals surface area contributed by atoms with Crippen LogP contribution in [-0.2, 0) is 4.79 Å². The summed E-state index contributed by atoms with van der Waals surface area (Å²) in [6.45, 7) is 0.844. The van der Waals surface area contributed by atoms with Gasteiger partial charge in [-0.2, -0.15) is 0 Å². The van der Waals surface area contributed by atoms with E-state index in [9.17, 15) is 4.79 Å². The Labute approximate surface area is 78.7 Å². The first-order valence-electron chi connectivity index (χ1n) is 4.63. The lowest BCUT2D eigenvalue weighted by Gasteiger charge is -2.22. The molecule has 0 bridgehead atoms. The molecule has 1 saturated heterocycles. The van der Waals surface area contributed by atoms with Gasteiger partial charge in [-0.05, 0) is 12.8 Å². The summed E-state index contributed by atoms with van der Waals surface area (Å²) in [6, 6.07) is 0.0327. The third-order valence-corrected chi connectivity index (χ3v) is 2.39. The largest absolute Gasteiger partial charge is 0.394 e. The molecule has 1 aliphatic rings. The van der Waals surface area contributed by atoms with Crippen molar-refractivity contribution in [3.8, 4) is 12.3 Å². The van der Waals surface area contributed by atoms with E-state index in [-0.39, 0.29) is 18.6 Å². The van der Waals surface area contributed by atoms with Gasteiger partial charge in [-0.1, -0.05) is 0 Å². The van der Waals surface area contributed by atoms with Crippen LogP contribution in [0.2, 0.25) is 0 Å². The molecular weight excluding hydrogens is 166 g/mol. The number of amides is 1. The molecule has 1 fully saturated rings. The number of hydrogen-bond donors (Lipinski definition) is 1. The van der Waals surface area contributed by atoms with Crippen LogP contribution in [0.5, 0.6) is 0 Å². The van der Waals surface area contributed by atoms with E-state index in [0.717, 1.165) is 19.4 Å². The summed E-state index contributed by atoms with van der Waals surface area (Å²) in [7, 11) is 0. The zero-order chi connectivity index (χ0) is 9.68. The molecule has 1 aliphatic heterocycles. The number of likely N-dealkylation sites (tertiary alicyclic amines) is 1. The van der Waals surface area contributed by atoms with Crippen molar-refractivity contribution in [2.24, 2.45) is 0 Å². The van der Waals surface area contributed by atoms with Gasteiger partial charge in [-0.15, -0.1) is 12.3 Å². The van der Waals surface area contributed by atoms with Crippen LogP contribution in [0.25, 0.3) is 0 Å². The third-order valence-electron chi connectivity index (χ3n) is 2.39. The molecular formula is C10H15NO2. The number of carbonyl (C=O) groups excluding carboxylic acids is 1. The average Bonchev–Trinajstić information content (AvgIpc) is 2.61. The predicted octanol–water partition coefficient (Wildman–Crippen LogP) is 0.383. The molecule has 3 heteroatoms.